The lowest BCUT2D eigenvalue weighted by Gasteiger charge is -2.37. The molecule has 11 N–H and O–H groups in total. The summed E-state index contributed by atoms with van der Waals surface area (Å²) >= 11 is 0. The SMILES string of the molecule is Nc1nc2c(ncn2[C@@H]2O[C@H](COP(=O)(O)OP(=O)(O)O[C@@H]3O[C@@H](O)[C@@H](O)[C@@H](O)[C@@H]3O)[C@@H](O)[C@H]2O)c(=O)[nH]1. The molecule has 2 aliphatic rings. The molecule has 2 aromatic rings. The Morgan fingerprint density at radius 2 is 1.68 bits per heavy atom. The molecule has 0 spiro atoms. The van der Waals surface area contributed by atoms with Gasteiger partial charge in [-0.1, -0.05) is 0 Å². The number of nitrogens with zero attached hydrogens (tertiary/aromatic N) is 3. The third kappa shape index (κ3) is 5.82. The Balaban J connectivity index is 1.39. The van der Waals surface area contributed by atoms with Crippen molar-refractivity contribution in [2.75, 3.05) is 12.3 Å². The topological polar surface area (TPSA) is 332 Å². The van der Waals surface area contributed by atoms with Crippen molar-refractivity contribution >= 4 is 32.8 Å². The van der Waals surface area contributed by atoms with Crippen molar-refractivity contribution in [1.29, 1.82) is 0 Å². The standard InChI is InChI=1S/C15H23N5O16P2/c16-15-18-10-4(11(26)19-15)17-2-20(10)12-7(23)5(21)3(33-12)1-32-37(28,29)36-38(30,31)35-14-9(25)6(22)8(24)13(27)34-14/h2-3,5-9,12-14,21-25,27H,1H2,(H,28,29)(H,30,31)(H3,16,18,19,26)/t3-,5-,6-,7-,8+,9+,12-,13-,14+/m1/s1. The quantitative estimate of drug-likeness (QED) is 0.129. The first-order valence-corrected chi connectivity index (χ1v) is 13.4. The van der Waals surface area contributed by atoms with Gasteiger partial charge in [0, 0.05) is 0 Å². The summed E-state index contributed by atoms with van der Waals surface area (Å²) in [5, 5.41) is 58.9. The van der Waals surface area contributed by atoms with Crippen molar-refractivity contribution in [3.05, 3.63) is 16.7 Å². The van der Waals surface area contributed by atoms with Crippen LogP contribution >= 0.6 is 15.6 Å². The molecule has 0 bridgehead atoms. The smallest absolute Gasteiger partial charge is 0.387 e. The number of anilines is 1. The molecule has 2 saturated heterocycles. The highest BCUT2D eigenvalue weighted by Gasteiger charge is 2.49. The van der Waals surface area contributed by atoms with Crippen LogP contribution in [0.25, 0.3) is 11.2 Å². The van der Waals surface area contributed by atoms with E-state index < -0.39 is 83.2 Å². The fourth-order valence-electron chi connectivity index (χ4n) is 3.62. The predicted molar refractivity (Wildman–Crippen MR) is 115 cm³/mol. The molecule has 2 unspecified atom stereocenters. The van der Waals surface area contributed by atoms with E-state index in [0.717, 1.165) is 10.9 Å². The summed E-state index contributed by atoms with van der Waals surface area (Å²) in [7, 11) is -11.1. The van der Waals surface area contributed by atoms with Crippen LogP contribution in [0.5, 0.6) is 0 Å². The molecule has 2 aromatic heterocycles. The van der Waals surface area contributed by atoms with E-state index in [1.54, 1.807) is 0 Å². The summed E-state index contributed by atoms with van der Waals surface area (Å²) < 4.78 is 48.3. The monoisotopic (exact) mass is 591 g/mol. The average molecular weight is 591 g/mol. The molecule has 0 aliphatic carbocycles. The van der Waals surface area contributed by atoms with E-state index in [2.05, 4.69) is 33.0 Å². The second-order valence-corrected chi connectivity index (χ2v) is 11.1. The lowest BCUT2D eigenvalue weighted by molar-refractivity contribution is -0.323. The maximum absolute atomic E-state index is 12.2. The summed E-state index contributed by atoms with van der Waals surface area (Å²) in [4.78, 5) is 41.5. The van der Waals surface area contributed by atoms with Gasteiger partial charge in [0.15, 0.2) is 23.7 Å². The minimum atomic E-state index is -5.61. The van der Waals surface area contributed by atoms with E-state index in [-0.39, 0.29) is 17.1 Å². The Labute approximate surface area is 209 Å². The number of nitrogens with one attached hydrogen (secondary N) is 1. The fourth-order valence-corrected chi connectivity index (χ4v) is 5.77. The molecule has 2 aliphatic heterocycles. The molecule has 0 amide bonds. The largest absolute Gasteiger partial charge is 0.483 e. The Morgan fingerprint density at radius 1 is 1.00 bits per heavy atom. The summed E-state index contributed by atoms with van der Waals surface area (Å²) in [5.74, 6) is -0.280. The van der Waals surface area contributed by atoms with Gasteiger partial charge in [-0.15, -0.1) is 0 Å². The molecule has 38 heavy (non-hydrogen) atoms. The summed E-state index contributed by atoms with van der Waals surface area (Å²) in [6, 6.07) is 0. The first-order valence-electron chi connectivity index (χ1n) is 10.4. The molecule has 23 heteroatoms. The summed E-state index contributed by atoms with van der Waals surface area (Å²) in [6.45, 7) is -1.00. The number of aliphatic hydroxyl groups is 6. The van der Waals surface area contributed by atoms with Crippen molar-refractivity contribution in [2.45, 2.75) is 55.4 Å². The average Bonchev–Trinajstić information content (AvgIpc) is 3.35. The highest BCUT2D eigenvalue weighted by Crippen LogP contribution is 2.61. The van der Waals surface area contributed by atoms with E-state index >= 15 is 0 Å². The zero-order valence-electron chi connectivity index (χ0n) is 18.6. The van der Waals surface area contributed by atoms with Crippen LogP contribution in [0.4, 0.5) is 5.95 Å². The van der Waals surface area contributed by atoms with Gasteiger partial charge in [0.25, 0.3) is 5.56 Å². The predicted octanol–water partition coefficient (Wildman–Crippen LogP) is -4.67. The van der Waals surface area contributed by atoms with Crippen LogP contribution in [-0.2, 0) is 32.0 Å². The van der Waals surface area contributed by atoms with Crippen molar-refractivity contribution in [3.8, 4) is 0 Å². The molecular formula is C15H23N5O16P2. The number of phosphoric acid groups is 2. The minimum absolute atomic E-state index is 0.117. The highest BCUT2D eigenvalue weighted by atomic mass is 31.3. The number of H-pyrrole nitrogens is 1. The highest BCUT2D eigenvalue weighted by molar-refractivity contribution is 7.61. The molecule has 4 rings (SSSR count). The number of aromatic amines is 1. The Morgan fingerprint density at radius 3 is 2.37 bits per heavy atom. The number of phosphoric ester groups is 2. The fraction of sp³-hybridized carbons (Fsp3) is 0.667. The number of aliphatic hydroxyl groups excluding tert-OH is 6. The van der Waals surface area contributed by atoms with Crippen molar-refractivity contribution in [1.82, 2.24) is 19.5 Å². The zero-order chi connectivity index (χ0) is 28.2. The number of imidazole rings is 1. The molecule has 214 valence electrons. The van der Waals surface area contributed by atoms with Gasteiger partial charge in [0.05, 0.1) is 12.9 Å². The zero-order valence-corrected chi connectivity index (χ0v) is 20.4. The third-order valence-corrected chi connectivity index (χ3v) is 8.05. The van der Waals surface area contributed by atoms with Gasteiger partial charge in [-0.05, 0) is 0 Å². The van der Waals surface area contributed by atoms with Crippen LogP contribution in [0.3, 0.4) is 0 Å². The lowest BCUT2D eigenvalue weighted by atomic mass is 10.0. The number of hydrogen-bond donors (Lipinski definition) is 10. The normalized spacial score (nSPS) is 37.2. The van der Waals surface area contributed by atoms with E-state index in [4.69, 9.17) is 10.5 Å². The van der Waals surface area contributed by atoms with E-state index in [1.807, 2.05) is 0 Å². The molecule has 21 nitrogen and oxygen atoms in total. The number of nitrogens with two attached hydrogens (primary N) is 1. The van der Waals surface area contributed by atoms with Gasteiger partial charge < -0.3 is 55.6 Å². The molecule has 4 heterocycles. The Hall–Kier alpha value is -1.91. The van der Waals surface area contributed by atoms with E-state index in [0.29, 0.717) is 0 Å². The van der Waals surface area contributed by atoms with Gasteiger partial charge in [-0.2, -0.15) is 9.29 Å². The first-order chi connectivity index (χ1) is 17.6. The maximum atomic E-state index is 12.2. The third-order valence-electron chi connectivity index (χ3n) is 5.45. The molecule has 2 fully saturated rings. The van der Waals surface area contributed by atoms with Crippen LogP contribution in [0.15, 0.2) is 11.1 Å². The first kappa shape index (κ1) is 29.1. The van der Waals surface area contributed by atoms with Crippen LogP contribution in [0.1, 0.15) is 6.23 Å². The Bertz CT molecular complexity index is 1320. The van der Waals surface area contributed by atoms with Gasteiger partial charge in [0.2, 0.25) is 12.2 Å². The van der Waals surface area contributed by atoms with Crippen molar-refractivity contribution in [2.24, 2.45) is 0 Å². The van der Waals surface area contributed by atoms with Gasteiger partial charge in [0.1, 0.15) is 36.6 Å². The van der Waals surface area contributed by atoms with E-state index in [9.17, 15) is 54.4 Å². The van der Waals surface area contributed by atoms with Crippen LogP contribution in [-0.4, -0.2) is 116 Å². The van der Waals surface area contributed by atoms with Crippen LogP contribution in [0.2, 0.25) is 0 Å². The van der Waals surface area contributed by atoms with Crippen LogP contribution < -0.4 is 11.3 Å². The van der Waals surface area contributed by atoms with Gasteiger partial charge in [-0.25, -0.2) is 14.1 Å². The van der Waals surface area contributed by atoms with Gasteiger partial charge >= 0.3 is 15.6 Å². The number of rotatable bonds is 8. The number of aromatic nitrogens is 4. The number of hydrogen-bond acceptors (Lipinski definition) is 17. The number of fused-ring (bicyclic) bond motifs is 1. The van der Waals surface area contributed by atoms with Crippen molar-refractivity contribution < 1.29 is 72.4 Å². The second kappa shape index (κ2) is 10.6. The molecule has 0 aromatic carbocycles. The molecule has 0 radical (unpaired) electrons. The van der Waals surface area contributed by atoms with Crippen LogP contribution in [0, 0.1) is 0 Å². The Kier molecular flexibility index (Phi) is 8.10. The molecule has 11 atom stereocenters. The lowest BCUT2D eigenvalue weighted by Crippen LogP contribution is -2.57. The van der Waals surface area contributed by atoms with E-state index in [1.165, 1.54) is 0 Å². The molecule has 0 saturated carbocycles. The number of nitrogen functional groups attached to an aromatic ring is 1. The minimum Gasteiger partial charge on any atom is -0.387 e. The van der Waals surface area contributed by atoms with Crippen molar-refractivity contribution in [3.63, 3.8) is 0 Å². The number of ether oxygens (including phenoxy) is 2. The molecular weight excluding hydrogens is 568 g/mol. The second-order valence-electron chi connectivity index (χ2n) is 8.11. The summed E-state index contributed by atoms with van der Waals surface area (Å²) in [6.07, 6.45) is -16.1. The maximum Gasteiger partial charge on any atom is 0.483 e. The summed E-state index contributed by atoms with van der Waals surface area (Å²) in [5.41, 5.74) is 4.53. The van der Waals surface area contributed by atoms with Gasteiger partial charge in [-0.3, -0.25) is 23.4 Å².